The third-order valence-corrected chi connectivity index (χ3v) is 10.6. The molecule has 0 unspecified atom stereocenters. The molecule has 2 aliphatic rings. The zero-order valence-corrected chi connectivity index (χ0v) is 26.1. The van der Waals surface area contributed by atoms with Gasteiger partial charge >= 0.3 is 0 Å². The van der Waals surface area contributed by atoms with Crippen LogP contribution in [-0.4, -0.2) is 0 Å². The molecule has 0 atom stereocenters. The molecule has 2 aliphatic carbocycles. The fourth-order valence-corrected chi connectivity index (χ4v) is 8.31. The molecule has 0 aliphatic heterocycles. The molecule has 8 aromatic carbocycles. The standard InChI is InChI=1S/C47H32/c1-3-12-32-24-38(22-20-30(32)10-1)42-28-36-14-5-7-18-40(36)46-44(42)26-34-16-9-17-35(34)27-45-43(29-37-15-6-8-19-41(37)47(45)46)39-23-21-31-11-2-4-13-33(31)25-39/h1-16,18-25,28-29H,17,26-27H2. The van der Waals surface area contributed by atoms with Gasteiger partial charge in [0, 0.05) is 0 Å². The second-order valence-electron chi connectivity index (χ2n) is 13.2. The third-order valence-electron chi connectivity index (χ3n) is 10.6. The maximum atomic E-state index is 2.46. The molecule has 0 saturated carbocycles. The molecule has 0 heteroatoms. The van der Waals surface area contributed by atoms with Crippen LogP contribution in [0.5, 0.6) is 0 Å². The van der Waals surface area contributed by atoms with E-state index in [2.05, 4.69) is 158 Å². The van der Waals surface area contributed by atoms with Crippen molar-refractivity contribution < 1.29 is 0 Å². The highest BCUT2D eigenvalue weighted by Crippen LogP contribution is 2.49. The van der Waals surface area contributed by atoms with Gasteiger partial charge in [-0.2, -0.15) is 0 Å². The highest BCUT2D eigenvalue weighted by atomic mass is 14.3. The van der Waals surface area contributed by atoms with Crippen molar-refractivity contribution in [2.75, 3.05) is 0 Å². The lowest BCUT2D eigenvalue weighted by atomic mass is 9.76. The SMILES string of the molecule is C1=CC2=C(C1)Cc1c(-c3ccc4ccccc4c3)cc3ccccc3c1-c1c(c(-c3ccc4ccccc4c3)cc3ccccc13)C2. The van der Waals surface area contributed by atoms with E-state index in [0.717, 1.165) is 19.3 Å². The molecule has 0 bridgehead atoms. The fraction of sp³-hybridized carbons (Fsp3) is 0.0638. The van der Waals surface area contributed by atoms with Crippen molar-refractivity contribution in [3.05, 3.63) is 180 Å². The number of rotatable bonds is 2. The molecule has 0 radical (unpaired) electrons. The minimum absolute atomic E-state index is 0.933. The molecule has 220 valence electrons. The molecule has 0 saturated heterocycles. The van der Waals surface area contributed by atoms with Crippen LogP contribution in [0, 0.1) is 0 Å². The minimum Gasteiger partial charge on any atom is -0.0802 e. The summed E-state index contributed by atoms with van der Waals surface area (Å²) in [5, 5.41) is 10.4. The Hall–Kier alpha value is -5.72. The van der Waals surface area contributed by atoms with Gasteiger partial charge in [-0.3, -0.25) is 0 Å². The second-order valence-corrected chi connectivity index (χ2v) is 13.2. The van der Waals surface area contributed by atoms with Gasteiger partial charge in [-0.05, 0) is 137 Å². The van der Waals surface area contributed by atoms with Crippen molar-refractivity contribution >= 4 is 43.1 Å². The summed E-state index contributed by atoms with van der Waals surface area (Å²) in [6.45, 7) is 0. The number of allylic oxidation sites excluding steroid dienone is 4. The first-order valence-corrected chi connectivity index (χ1v) is 16.7. The summed E-state index contributed by atoms with van der Waals surface area (Å²) in [7, 11) is 0. The van der Waals surface area contributed by atoms with Gasteiger partial charge in [0.1, 0.15) is 0 Å². The lowest BCUT2D eigenvalue weighted by Gasteiger charge is -2.27. The maximum absolute atomic E-state index is 2.46. The Morgan fingerprint density at radius 3 is 1.40 bits per heavy atom. The van der Waals surface area contributed by atoms with Crippen molar-refractivity contribution in [2.45, 2.75) is 19.3 Å². The van der Waals surface area contributed by atoms with Crippen LogP contribution in [0.25, 0.3) is 76.5 Å². The maximum Gasteiger partial charge on any atom is -0.00135 e. The Bertz CT molecular complexity index is 2650. The first-order valence-electron chi connectivity index (χ1n) is 16.7. The van der Waals surface area contributed by atoms with Crippen LogP contribution >= 0.6 is 0 Å². The molecular formula is C47H32. The van der Waals surface area contributed by atoms with E-state index >= 15 is 0 Å². The van der Waals surface area contributed by atoms with Gasteiger partial charge in [-0.1, -0.05) is 139 Å². The highest BCUT2D eigenvalue weighted by molar-refractivity contribution is 6.12. The van der Waals surface area contributed by atoms with E-state index in [1.807, 2.05) is 0 Å². The molecule has 0 nitrogen and oxygen atoms in total. The van der Waals surface area contributed by atoms with Crippen molar-refractivity contribution in [3.63, 3.8) is 0 Å². The first kappa shape index (κ1) is 26.5. The minimum atomic E-state index is 0.933. The number of hydrogen-bond acceptors (Lipinski definition) is 0. The molecule has 0 N–H and O–H groups in total. The zero-order chi connectivity index (χ0) is 30.9. The van der Waals surface area contributed by atoms with E-state index in [9.17, 15) is 0 Å². The van der Waals surface area contributed by atoms with Gasteiger partial charge in [-0.15, -0.1) is 0 Å². The van der Waals surface area contributed by atoms with E-state index in [4.69, 9.17) is 0 Å². The summed E-state index contributed by atoms with van der Waals surface area (Å²) in [4.78, 5) is 0. The van der Waals surface area contributed by atoms with Crippen molar-refractivity contribution in [3.8, 4) is 33.4 Å². The molecule has 8 aromatic rings. The molecule has 0 spiro atoms. The summed E-state index contributed by atoms with van der Waals surface area (Å²) in [6.07, 6.45) is 7.69. The van der Waals surface area contributed by atoms with Crippen LogP contribution in [0.15, 0.2) is 169 Å². The Balaban J connectivity index is 1.37. The summed E-state index contributed by atoms with van der Waals surface area (Å²) >= 11 is 0. The fourth-order valence-electron chi connectivity index (χ4n) is 8.31. The van der Waals surface area contributed by atoms with Crippen LogP contribution in [0.1, 0.15) is 17.5 Å². The van der Waals surface area contributed by atoms with Crippen molar-refractivity contribution in [2.24, 2.45) is 0 Å². The van der Waals surface area contributed by atoms with E-state index in [0.29, 0.717) is 0 Å². The van der Waals surface area contributed by atoms with Gasteiger partial charge < -0.3 is 0 Å². The molecule has 0 heterocycles. The molecule has 47 heavy (non-hydrogen) atoms. The van der Waals surface area contributed by atoms with Crippen LogP contribution in [-0.2, 0) is 12.8 Å². The highest BCUT2D eigenvalue weighted by Gasteiger charge is 2.27. The van der Waals surface area contributed by atoms with Gasteiger partial charge in [0.05, 0.1) is 0 Å². The number of benzene rings is 8. The third kappa shape index (κ3) is 4.22. The summed E-state index contributed by atoms with van der Waals surface area (Å²) in [6, 6.07) is 54.5. The lowest BCUT2D eigenvalue weighted by Crippen LogP contribution is -2.07. The quantitative estimate of drug-likeness (QED) is 0.186. The Morgan fingerprint density at radius 1 is 0.383 bits per heavy atom. The van der Waals surface area contributed by atoms with Crippen LogP contribution in [0.3, 0.4) is 0 Å². The largest absolute Gasteiger partial charge is 0.0802 e. The summed E-state index contributed by atoms with van der Waals surface area (Å²) in [5.74, 6) is 0. The monoisotopic (exact) mass is 596 g/mol. The van der Waals surface area contributed by atoms with Gasteiger partial charge in [0.2, 0.25) is 0 Å². The molecule has 10 rings (SSSR count). The topological polar surface area (TPSA) is 0 Å². The summed E-state index contributed by atoms with van der Waals surface area (Å²) < 4.78 is 0. The van der Waals surface area contributed by atoms with Gasteiger partial charge in [-0.25, -0.2) is 0 Å². The predicted molar refractivity (Wildman–Crippen MR) is 201 cm³/mol. The predicted octanol–water partition coefficient (Wildman–Crippen LogP) is 12.7. The Kier molecular flexibility index (Phi) is 5.87. The van der Waals surface area contributed by atoms with Gasteiger partial charge in [0.15, 0.2) is 0 Å². The second kappa shape index (κ2) is 10.4. The van der Waals surface area contributed by atoms with Gasteiger partial charge in [0.25, 0.3) is 0 Å². The first-order chi connectivity index (χ1) is 23.3. The number of hydrogen-bond donors (Lipinski definition) is 0. The molecule has 0 aromatic heterocycles. The van der Waals surface area contributed by atoms with E-state index in [1.54, 1.807) is 5.57 Å². The zero-order valence-electron chi connectivity index (χ0n) is 26.1. The van der Waals surface area contributed by atoms with Crippen molar-refractivity contribution in [1.29, 1.82) is 0 Å². The van der Waals surface area contributed by atoms with E-state index in [1.165, 1.54) is 93.2 Å². The lowest BCUT2D eigenvalue weighted by molar-refractivity contribution is 1.03. The van der Waals surface area contributed by atoms with Crippen LogP contribution < -0.4 is 0 Å². The normalized spacial score (nSPS) is 14.0. The van der Waals surface area contributed by atoms with E-state index in [-0.39, 0.29) is 0 Å². The Morgan fingerprint density at radius 2 is 0.851 bits per heavy atom. The average Bonchev–Trinajstić information content (AvgIpc) is 3.55. The van der Waals surface area contributed by atoms with Crippen LogP contribution in [0.4, 0.5) is 0 Å². The number of fused-ring (bicyclic) bond motifs is 9. The molecule has 0 amide bonds. The van der Waals surface area contributed by atoms with Crippen LogP contribution in [0.2, 0.25) is 0 Å². The summed E-state index contributed by atoms with van der Waals surface area (Å²) in [5.41, 5.74) is 13.9. The smallest absolute Gasteiger partial charge is 0.00135 e. The Labute approximate surface area is 274 Å². The van der Waals surface area contributed by atoms with E-state index < -0.39 is 0 Å². The average molecular weight is 597 g/mol. The molecular weight excluding hydrogens is 565 g/mol. The van der Waals surface area contributed by atoms with Crippen molar-refractivity contribution in [1.82, 2.24) is 0 Å². The molecule has 0 fully saturated rings.